The molecule has 2 heterocycles. The molecule has 3 aromatic rings. The Balaban J connectivity index is 1.53. The van der Waals surface area contributed by atoms with Crippen LogP contribution in [-0.2, 0) is 50.2 Å². The third-order valence-corrected chi connectivity index (χ3v) is 8.46. The summed E-state index contributed by atoms with van der Waals surface area (Å²) in [5, 5.41) is 10.4. The van der Waals surface area contributed by atoms with Gasteiger partial charge in [-0.05, 0) is 54.8 Å². The smallest absolute Gasteiger partial charge is 0.311 e. The number of fused-ring (bicyclic) bond motifs is 1. The van der Waals surface area contributed by atoms with Gasteiger partial charge in [0.15, 0.2) is 0 Å². The molecule has 4 rings (SSSR count). The predicted octanol–water partition coefficient (Wildman–Crippen LogP) is 2.44. The summed E-state index contributed by atoms with van der Waals surface area (Å²) < 4.78 is 30.6. The van der Waals surface area contributed by atoms with Crippen LogP contribution in [0.15, 0.2) is 54.6 Å². The molecule has 2 aromatic carbocycles. The van der Waals surface area contributed by atoms with Crippen LogP contribution in [0.25, 0.3) is 0 Å². The molecule has 1 atom stereocenters. The van der Waals surface area contributed by atoms with E-state index in [0.29, 0.717) is 42.9 Å². The first-order chi connectivity index (χ1) is 19.9. The van der Waals surface area contributed by atoms with E-state index in [1.807, 2.05) is 6.07 Å². The zero-order chi connectivity index (χ0) is 30.4. The third-order valence-electron chi connectivity index (χ3n) is 6.61. The number of sulfonamides is 1. The lowest BCUT2D eigenvalue weighted by Crippen LogP contribution is -2.50. The average molecular weight is 612 g/mol. The van der Waals surface area contributed by atoms with Crippen LogP contribution in [0.3, 0.4) is 0 Å². The molecule has 0 aliphatic carbocycles. The highest BCUT2D eigenvalue weighted by atomic mass is 32.2. The number of hydrogen-bond acceptors (Lipinski definition) is 8. The number of amides is 2. The minimum Gasteiger partial charge on any atom is -0.466 e. The summed E-state index contributed by atoms with van der Waals surface area (Å²) in [5.41, 5.74) is 8.39. The third kappa shape index (κ3) is 8.17. The van der Waals surface area contributed by atoms with E-state index < -0.39 is 22.0 Å². The summed E-state index contributed by atoms with van der Waals surface area (Å²) in [4.78, 5) is 42.7. The molecular weight excluding hydrogens is 578 g/mol. The fourth-order valence-corrected chi connectivity index (χ4v) is 6.37. The van der Waals surface area contributed by atoms with Crippen molar-refractivity contribution in [2.75, 3.05) is 24.1 Å². The largest absolute Gasteiger partial charge is 0.466 e. The van der Waals surface area contributed by atoms with Crippen LogP contribution in [0.2, 0.25) is 0 Å². The molecule has 1 unspecified atom stereocenters. The Morgan fingerprint density at radius 3 is 2.38 bits per heavy atom. The zero-order valence-corrected chi connectivity index (χ0v) is 24.9. The molecule has 0 saturated carbocycles. The van der Waals surface area contributed by atoms with Crippen molar-refractivity contribution >= 4 is 50.7 Å². The number of nitrogens with one attached hydrogen (secondary N) is 3. The first kappa shape index (κ1) is 30.7. The minimum atomic E-state index is -3.44. The Morgan fingerprint density at radius 2 is 1.76 bits per heavy atom. The second-order valence-electron chi connectivity index (χ2n) is 9.95. The summed E-state index contributed by atoms with van der Waals surface area (Å²) in [6.07, 6.45) is 2.06. The normalized spacial score (nSPS) is 13.5. The fourth-order valence-electron chi connectivity index (χ4n) is 4.65. The highest BCUT2D eigenvalue weighted by molar-refractivity contribution is 7.92. The predicted molar refractivity (Wildman–Crippen MR) is 161 cm³/mol. The van der Waals surface area contributed by atoms with Gasteiger partial charge >= 0.3 is 5.97 Å². The first-order valence-corrected chi connectivity index (χ1v) is 16.0. The van der Waals surface area contributed by atoms with Crippen molar-refractivity contribution in [2.45, 2.75) is 38.8 Å². The van der Waals surface area contributed by atoms with Gasteiger partial charge in [0.1, 0.15) is 11.9 Å². The van der Waals surface area contributed by atoms with Gasteiger partial charge in [0.05, 0.1) is 19.3 Å². The number of thiophene rings is 1. The molecule has 0 bridgehead atoms. The van der Waals surface area contributed by atoms with E-state index in [4.69, 9.17) is 15.9 Å². The molecule has 0 saturated heterocycles. The van der Waals surface area contributed by atoms with Crippen LogP contribution in [0, 0.1) is 5.41 Å². The Hall–Kier alpha value is -4.23. The van der Waals surface area contributed by atoms with E-state index in [1.165, 1.54) is 0 Å². The quantitative estimate of drug-likeness (QED) is 0.146. The molecule has 0 fully saturated rings. The summed E-state index contributed by atoms with van der Waals surface area (Å²) in [5.74, 6) is -1.12. The molecule has 13 heteroatoms. The van der Waals surface area contributed by atoms with E-state index in [-0.39, 0.29) is 30.6 Å². The number of nitrogens with two attached hydrogens (primary N) is 1. The van der Waals surface area contributed by atoms with Gasteiger partial charge in [0, 0.05) is 46.1 Å². The number of nitrogens with zero attached hydrogens (tertiary/aromatic N) is 1. The van der Waals surface area contributed by atoms with Crippen LogP contribution in [0.4, 0.5) is 5.69 Å². The summed E-state index contributed by atoms with van der Waals surface area (Å²) in [6, 6.07) is 13.9. The number of carbonyl (C=O) groups is 3. The van der Waals surface area contributed by atoms with E-state index >= 15 is 0 Å². The number of hydrogen-bond donors (Lipinski definition) is 4. The number of ether oxygens (including phenoxy) is 1. The van der Waals surface area contributed by atoms with Crippen molar-refractivity contribution in [2.24, 2.45) is 5.73 Å². The molecule has 11 nitrogen and oxygen atoms in total. The van der Waals surface area contributed by atoms with Gasteiger partial charge in [-0.3, -0.25) is 24.5 Å². The highest BCUT2D eigenvalue weighted by Crippen LogP contribution is 2.29. The topological polar surface area (TPSA) is 172 Å². The molecule has 2 amide bonds. The summed E-state index contributed by atoms with van der Waals surface area (Å²) in [6.45, 7) is 2.89. The van der Waals surface area contributed by atoms with E-state index in [9.17, 15) is 22.8 Å². The highest BCUT2D eigenvalue weighted by Gasteiger charge is 2.30. The molecular formula is C29H33N5O6S2. The Labute approximate surface area is 248 Å². The van der Waals surface area contributed by atoms with Gasteiger partial charge in [-0.2, -0.15) is 0 Å². The number of carbonyl (C=O) groups excluding carboxylic acids is 3. The Kier molecular flexibility index (Phi) is 9.63. The summed E-state index contributed by atoms with van der Waals surface area (Å²) in [7, 11) is -3.44. The van der Waals surface area contributed by atoms with Crippen molar-refractivity contribution in [1.29, 1.82) is 5.41 Å². The molecule has 1 aliphatic heterocycles. The van der Waals surface area contributed by atoms with Crippen molar-refractivity contribution in [3.05, 3.63) is 86.6 Å². The molecule has 0 spiro atoms. The van der Waals surface area contributed by atoms with E-state index in [0.717, 1.165) is 27.1 Å². The molecule has 222 valence electrons. The monoisotopic (exact) mass is 611 g/mol. The number of rotatable bonds is 11. The first-order valence-electron chi connectivity index (χ1n) is 13.3. The van der Waals surface area contributed by atoms with Crippen LogP contribution in [0.5, 0.6) is 0 Å². The average Bonchev–Trinajstić information content (AvgIpc) is 3.34. The Bertz CT molecular complexity index is 1580. The van der Waals surface area contributed by atoms with Crippen molar-refractivity contribution in [3.8, 4) is 0 Å². The number of anilines is 1. The number of nitrogen functional groups attached to an aromatic ring is 1. The molecule has 1 aliphatic rings. The fraction of sp³-hybridized carbons (Fsp3) is 0.310. The Morgan fingerprint density at radius 1 is 1.10 bits per heavy atom. The zero-order valence-electron chi connectivity index (χ0n) is 23.3. The van der Waals surface area contributed by atoms with Crippen molar-refractivity contribution in [1.82, 2.24) is 10.2 Å². The van der Waals surface area contributed by atoms with Gasteiger partial charge in [0.2, 0.25) is 15.9 Å². The maximum absolute atomic E-state index is 13.9. The van der Waals surface area contributed by atoms with Gasteiger partial charge in [-0.25, -0.2) is 8.42 Å². The van der Waals surface area contributed by atoms with E-state index in [1.54, 1.807) is 71.7 Å². The molecule has 42 heavy (non-hydrogen) atoms. The number of benzene rings is 2. The van der Waals surface area contributed by atoms with Crippen LogP contribution < -0.4 is 15.8 Å². The molecule has 1 aromatic heterocycles. The van der Waals surface area contributed by atoms with Gasteiger partial charge in [-0.15, -0.1) is 11.3 Å². The molecule has 0 radical (unpaired) electrons. The summed E-state index contributed by atoms with van der Waals surface area (Å²) >= 11 is 1.55. The van der Waals surface area contributed by atoms with Crippen LogP contribution in [0.1, 0.15) is 43.7 Å². The van der Waals surface area contributed by atoms with Gasteiger partial charge in [-0.1, -0.05) is 24.3 Å². The standard InChI is InChI=1S/C29H33N5O6S2/c1-3-40-26(35)16-23-15-21-17-34(13-12-25(21)41-23)29(37)24(14-18-4-10-22(11-5-18)33-42(2,38)39)32-28(36)20-8-6-19(7-9-20)27(30)31/h4-11,15,24,33H,3,12-14,16-17H2,1-2H3,(H3,30,31)(H,32,36). The molecule has 5 N–H and O–H groups in total. The lowest BCUT2D eigenvalue weighted by Gasteiger charge is -2.31. The maximum atomic E-state index is 13.9. The van der Waals surface area contributed by atoms with Crippen LogP contribution >= 0.6 is 11.3 Å². The lowest BCUT2D eigenvalue weighted by atomic mass is 10.0. The number of amidine groups is 1. The second kappa shape index (κ2) is 13.2. The van der Waals surface area contributed by atoms with Crippen molar-refractivity contribution in [3.63, 3.8) is 0 Å². The van der Waals surface area contributed by atoms with Crippen molar-refractivity contribution < 1.29 is 27.5 Å². The number of esters is 1. The van der Waals surface area contributed by atoms with Gasteiger partial charge < -0.3 is 20.7 Å². The van der Waals surface area contributed by atoms with Gasteiger partial charge in [0.25, 0.3) is 5.91 Å². The minimum absolute atomic E-state index is 0.118. The lowest BCUT2D eigenvalue weighted by molar-refractivity contribution is -0.142. The second-order valence-corrected chi connectivity index (χ2v) is 12.9. The maximum Gasteiger partial charge on any atom is 0.311 e. The SMILES string of the molecule is CCOC(=O)Cc1cc2c(s1)CCN(C(=O)C(Cc1ccc(NS(C)(=O)=O)cc1)NC(=O)c1ccc(C(=N)N)cc1)C2. The van der Waals surface area contributed by atoms with Crippen LogP contribution in [-0.4, -0.2) is 62.4 Å². The van der Waals surface area contributed by atoms with E-state index in [2.05, 4.69) is 10.0 Å².